The lowest BCUT2D eigenvalue weighted by atomic mass is 9.81. The van der Waals surface area contributed by atoms with Gasteiger partial charge >= 0.3 is 0 Å². The summed E-state index contributed by atoms with van der Waals surface area (Å²) in [6.07, 6.45) is 6.95. The van der Waals surface area contributed by atoms with E-state index in [9.17, 15) is 4.79 Å². The summed E-state index contributed by atoms with van der Waals surface area (Å²) in [6.45, 7) is 2.83. The van der Waals surface area contributed by atoms with E-state index in [-0.39, 0.29) is 11.3 Å². The first-order chi connectivity index (χ1) is 11.8. The molecule has 1 aliphatic heterocycles. The minimum atomic E-state index is 0.0472. The van der Waals surface area contributed by atoms with Crippen molar-refractivity contribution < 1.29 is 9.53 Å². The summed E-state index contributed by atoms with van der Waals surface area (Å²) in [4.78, 5) is 18.8. The lowest BCUT2D eigenvalue weighted by Crippen LogP contribution is -2.35. The number of ether oxygens (including phenoxy) is 1. The van der Waals surface area contributed by atoms with Crippen molar-refractivity contribution in [1.82, 2.24) is 20.1 Å². The van der Waals surface area contributed by atoms with Gasteiger partial charge < -0.3 is 9.64 Å². The van der Waals surface area contributed by atoms with Gasteiger partial charge in [0.2, 0.25) is 0 Å². The number of aromatic amines is 1. The highest BCUT2D eigenvalue weighted by atomic mass is 16.5. The van der Waals surface area contributed by atoms with Gasteiger partial charge in [-0.25, -0.2) is 0 Å². The quantitative estimate of drug-likeness (QED) is 0.915. The molecule has 0 bridgehead atoms. The number of hydrogen-bond acceptors (Lipinski definition) is 4. The molecule has 1 amide bonds. The number of nitrogens with zero attached hydrogens (tertiary/aromatic N) is 3. The molecule has 2 aromatic rings. The Balaban J connectivity index is 1.40. The molecule has 126 valence electrons. The predicted octanol–water partition coefficient (Wildman–Crippen LogP) is 2.26. The number of nitrogens with one attached hydrogen (secondary N) is 1. The topological polar surface area (TPSA) is 71.1 Å². The molecule has 1 aliphatic carbocycles. The predicted molar refractivity (Wildman–Crippen MR) is 88.2 cm³/mol. The molecule has 2 aliphatic rings. The molecule has 1 saturated heterocycles. The Morgan fingerprint density at radius 3 is 3.12 bits per heavy atom. The summed E-state index contributed by atoms with van der Waals surface area (Å²) < 4.78 is 6.01. The molecular weight excluding hydrogens is 304 g/mol. The fourth-order valence-corrected chi connectivity index (χ4v) is 4.19. The van der Waals surface area contributed by atoms with Crippen molar-refractivity contribution in [2.45, 2.75) is 25.9 Å². The molecular formula is C18H22N4O2. The first-order valence-electron chi connectivity index (χ1n) is 8.53. The zero-order chi connectivity index (χ0) is 16.4. The van der Waals surface area contributed by atoms with Crippen molar-refractivity contribution in [3.05, 3.63) is 48.0 Å². The van der Waals surface area contributed by atoms with Crippen LogP contribution >= 0.6 is 0 Å². The van der Waals surface area contributed by atoms with E-state index in [0.29, 0.717) is 24.8 Å². The Hall–Kier alpha value is -2.21. The second-order valence-corrected chi connectivity index (χ2v) is 6.92. The maximum atomic E-state index is 12.6. The van der Waals surface area contributed by atoms with Crippen LogP contribution in [0.25, 0.3) is 0 Å². The average Bonchev–Trinajstić information content (AvgIpc) is 3.31. The van der Waals surface area contributed by atoms with Crippen LogP contribution in [0.2, 0.25) is 0 Å². The highest BCUT2D eigenvalue weighted by Crippen LogP contribution is 2.49. The van der Waals surface area contributed by atoms with Crippen molar-refractivity contribution in [3.63, 3.8) is 0 Å². The molecule has 1 N–H and O–H groups in total. The fraction of sp³-hybridized carbons (Fsp3) is 0.500. The minimum Gasteiger partial charge on any atom is -0.375 e. The number of rotatable bonds is 5. The molecule has 0 unspecified atom stereocenters. The molecule has 0 spiro atoms. The number of carbonyl (C=O) groups excluding carboxylic acids is 1. The Kier molecular flexibility index (Phi) is 4.06. The van der Waals surface area contributed by atoms with Crippen LogP contribution < -0.4 is 0 Å². The summed E-state index contributed by atoms with van der Waals surface area (Å²) in [5.74, 6) is 0.583. The number of hydrogen-bond donors (Lipinski definition) is 1. The van der Waals surface area contributed by atoms with Crippen LogP contribution in [-0.4, -0.2) is 45.7 Å². The number of pyridine rings is 1. The van der Waals surface area contributed by atoms with Gasteiger partial charge in [-0.05, 0) is 37.0 Å². The summed E-state index contributed by atoms with van der Waals surface area (Å²) in [6, 6.07) is 7.60. The van der Waals surface area contributed by atoms with Crippen molar-refractivity contribution in [2.24, 2.45) is 11.3 Å². The third-order valence-electron chi connectivity index (χ3n) is 5.42. The van der Waals surface area contributed by atoms with Gasteiger partial charge in [0, 0.05) is 30.9 Å². The molecule has 0 radical (unpaired) electrons. The maximum Gasteiger partial charge on any atom is 0.271 e. The summed E-state index contributed by atoms with van der Waals surface area (Å²) in [5, 5.41) is 6.66. The molecule has 2 atom stereocenters. The lowest BCUT2D eigenvalue weighted by Gasteiger charge is -2.28. The molecule has 3 heterocycles. The van der Waals surface area contributed by atoms with Crippen molar-refractivity contribution >= 4 is 5.91 Å². The lowest BCUT2D eigenvalue weighted by molar-refractivity contribution is 0.0252. The summed E-state index contributed by atoms with van der Waals surface area (Å²) >= 11 is 0. The van der Waals surface area contributed by atoms with Crippen LogP contribution in [0.3, 0.4) is 0 Å². The Morgan fingerprint density at radius 1 is 1.38 bits per heavy atom. The van der Waals surface area contributed by atoms with Gasteiger partial charge in [-0.3, -0.25) is 14.9 Å². The van der Waals surface area contributed by atoms with E-state index in [4.69, 9.17) is 4.74 Å². The van der Waals surface area contributed by atoms with Crippen molar-refractivity contribution in [2.75, 3.05) is 19.7 Å². The van der Waals surface area contributed by atoms with E-state index < -0.39 is 0 Å². The van der Waals surface area contributed by atoms with E-state index in [2.05, 4.69) is 15.2 Å². The molecule has 1 saturated carbocycles. The van der Waals surface area contributed by atoms with E-state index in [0.717, 1.165) is 25.2 Å². The van der Waals surface area contributed by atoms with Crippen molar-refractivity contribution in [1.29, 1.82) is 0 Å². The SMILES string of the molecule is O=C(c1ccn[nH]1)N1C[C@H]2CCC[C@@]2(COCc2ccccn2)C1. The van der Waals surface area contributed by atoms with Gasteiger partial charge in [0.05, 0.1) is 18.9 Å². The second kappa shape index (κ2) is 6.36. The van der Waals surface area contributed by atoms with Gasteiger partial charge in [-0.1, -0.05) is 12.5 Å². The third-order valence-corrected chi connectivity index (χ3v) is 5.42. The van der Waals surface area contributed by atoms with Crippen LogP contribution in [0.5, 0.6) is 0 Å². The van der Waals surface area contributed by atoms with E-state index in [1.54, 1.807) is 18.5 Å². The van der Waals surface area contributed by atoms with Gasteiger partial charge in [-0.2, -0.15) is 5.10 Å². The van der Waals surface area contributed by atoms with Crippen LogP contribution in [0.15, 0.2) is 36.7 Å². The number of carbonyl (C=O) groups is 1. The van der Waals surface area contributed by atoms with Gasteiger partial charge in [0.1, 0.15) is 5.69 Å². The molecule has 4 rings (SSSR count). The van der Waals surface area contributed by atoms with E-state index in [1.165, 1.54) is 12.8 Å². The van der Waals surface area contributed by atoms with Crippen LogP contribution in [0.4, 0.5) is 0 Å². The van der Waals surface area contributed by atoms with Gasteiger partial charge in [0.15, 0.2) is 0 Å². The Morgan fingerprint density at radius 2 is 2.33 bits per heavy atom. The third kappa shape index (κ3) is 2.82. The smallest absolute Gasteiger partial charge is 0.271 e. The number of likely N-dealkylation sites (tertiary alicyclic amines) is 1. The summed E-state index contributed by atoms with van der Waals surface area (Å²) in [7, 11) is 0. The normalized spacial score (nSPS) is 25.8. The highest BCUT2D eigenvalue weighted by Gasteiger charge is 2.50. The minimum absolute atomic E-state index is 0.0472. The van der Waals surface area contributed by atoms with Crippen LogP contribution in [-0.2, 0) is 11.3 Å². The first-order valence-corrected chi connectivity index (χ1v) is 8.53. The number of amides is 1. The molecule has 24 heavy (non-hydrogen) atoms. The highest BCUT2D eigenvalue weighted by molar-refractivity contribution is 5.92. The zero-order valence-electron chi connectivity index (χ0n) is 13.6. The van der Waals surface area contributed by atoms with E-state index in [1.807, 2.05) is 23.1 Å². The van der Waals surface area contributed by atoms with Crippen LogP contribution in [0.1, 0.15) is 35.4 Å². The molecule has 0 aromatic carbocycles. The summed E-state index contributed by atoms with van der Waals surface area (Å²) in [5.41, 5.74) is 1.62. The molecule has 6 nitrogen and oxygen atoms in total. The largest absolute Gasteiger partial charge is 0.375 e. The monoisotopic (exact) mass is 326 g/mol. The van der Waals surface area contributed by atoms with Crippen molar-refractivity contribution in [3.8, 4) is 0 Å². The van der Waals surface area contributed by atoms with E-state index >= 15 is 0 Å². The number of fused-ring (bicyclic) bond motifs is 1. The molecule has 6 heteroatoms. The first kappa shape index (κ1) is 15.3. The van der Waals surface area contributed by atoms with Gasteiger partial charge in [0.25, 0.3) is 5.91 Å². The number of aromatic nitrogens is 3. The van der Waals surface area contributed by atoms with Gasteiger partial charge in [-0.15, -0.1) is 0 Å². The molecule has 2 fully saturated rings. The average molecular weight is 326 g/mol. The second-order valence-electron chi connectivity index (χ2n) is 6.92. The van der Waals surface area contributed by atoms with Crippen LogP contribution in [0, 0.1) is 11.3 Å². The standard InChI is InChI=1S/C18H22N4O2/c23-17(16-6-9-20-21-16)22-10-14-4-3-7-18(14,12-22)13-24-11-15-5-1-2-8-19-15/h1-2,5-6,8-9,14H,3-4,7,10-13H2,(H,20,21)/t14-,18+/m1/s1. The Bertz CT molecular complexity index is 688. The number of H-pyrrole nitrogens is 1. The Labute approximate surface area is 141 Å². The molecule has 2 aromatic heterocycles. The fourth-order valence-electron chi connectivity index (χ4n) is 4.19. The zero-order valence-corrected chi connectivity index (χ0v) is 13.6. The maximum absolute atomic E-state index is 12.6.